The van der Waals surface area contributed by atoms with Gasteiger partial charge in [0, 0.05) is 56.4 Å². The molecular weight excluding hydrogens is 282 g/mol. The highest BCUT2D eigenvalue weighted by molar-refractivity contribution is 5.84. The van der Waals surface area contributed by atoms with Gasteiger partial charge in [0.2, 0.25) is 0 Å². The number of fused-ring (bicyclic) bond motifs is 1. The van der Waals surface area contributed by atoms with Gasteiger partial charge in [0.1, 0.15) is 0 Å². The van der Waals surface area contributed by atoms with Crippen LogP contribution in [0.1, 0.15) is 43.7 Å². The van der Waals surface area contributed by atoms with E-state index in [1.54, 1.807) is 5.56 Å². The van der Waals surface area contributed by atoms with Crippen molar-refractivity contribution in [1.29, 1.82) is 0 Å². The van der Waals surface area contributed by atoms with Gasteiger partial charge in [-0.25, -0.2) is 0 Å². The lowest BCUT2D eigenvalue weighted by molar-refractivity contribution is 0.104. The second-order valence-corrected chi connectivity index (χ2v) is 7.34. The van der Waals surface area contributed by atoms with E-state index in [1.807, 2.05) is 0 Å². The minimum absolute atomic E-state index is 0.600. The molecule has 2 aliphatic rings. The molecule has 0 unspecified atom stereocenters. The van der Waals surface area contributed by atoms with Gasteiger partial charge in [-0.15, -0.1) is 0 Å². The zero-order chi connectivity index (χ0) is 15.6. The van der Waals surface area contributed by atoms with Crippen molar-refractivity contribution in [3.05, 3.63) is 36.0 Å². The highest BCUT2D eigenvalue weighted by Crippen LogP contribution is 2.41. The number of benzene rings is 1. The van der Waals surface area contributed by atoms with Crippen molar-refractivity contribution in [2.75, 3.05) is 26.2 Å². The summed E-state index contributed by atoms with van der Waals surface area (Å²) in [5.41, 5.74) is 2.94. The van der Waals surface area contributed by atoms with Gasteiger partial charge >= 0.3 is 0 Å². The second-order valence-electron chi connectivity index (χ2n) is 7.34. The van der Waals surface area contributed by atoms with Crippen LogP contribution in [0.15, 0.2) is 30.5 Å². The molecule has 1 saturated carbocycles. The Morgan fingerprint density at radius 2 is 1.78 bits per heavy atom. The molecule has 1 N–H and O–H groups in total. The zero-order valence-electron chi connectivity index (χ0n) is 14.3. The zero-order valence-corrected chi connectivity index (χ0v) is 14.3. The summed E-state index contributed by atoms with van der Waals surface area (Å²) in [6, 6.07) is 9.54. The highest BCUT2D eigenvalue weighted by Gasteiger charge is 2.32. The first-order valence-electron chi connectivity index (χ1n) is 9.33. The number of hydrogen-bond donors (Lipinski definition) is 1. The van der Waals surface area contributed by atoms with Gasteiger partial charge in [-0.05, 0) is 30.4 Å². The lowest BCUT2D eigenvalue weighted by atomic mass is 9.80. The number of aryl methyl sites for hydroxylation is 1. The minimum Gasteiger partial charge on any atom is -0.350 e. The van der Waals surface area contributed by atoms with Crippen LogP contribution < -0.4 is 5.32 Å². The largest absolute Gasteiger partial charge is 0.350 e. The molecule has 124 valence electrons. The van der Waals surface area contributed by atoms with E-state index in [-0.39, 0.29) is 0 Å². The summed E-state index contributed by atoms with van der Waals surface area (Å²) < 4.78 is 2.32. The van der Waals surface area contributed by atoms with Gasteiger partial charge in [-0.2, -0.15) is 0 Å². The van der Waals surface area contributed by atoms with Gasteiger partial charge in [-0.1, -0.05) is 37.5 Å². The quantitative estimate of drug-likeness (QED) is 0.932. The Hall–Kier alpha value is -1.32. The molecule has 1 aromatic carbocycles. The lowest BCUT2D eigenvalue weighted by Gasteiger charge is -2.41. The van der Waals surface area contributed by atoms with Crippen LogP contribution in [0, 0.1) is 5.92 Å². The fraction of sp³-hybridized carbons (Fsp3) is 0.600. The van der Waals surface area contributed by atoms with Crippen molar-refractivity contribution < 1.29 is 0 Å². The number of hydrogen-bond acceptors (Lipinski definition) is 2. The first kappa shape index (κ1) is 15.2. The molecule has 1 atom stereocenters. The Bertz CT molecular complexity index is 630. The van der Waals surface area contributed by atoms with Gasteiger partial charge in [-0.3, -0.25) is 4.90 Å². The SMILES string of the molecule is Cn1cc([C@@H](C2CCCCC2)N2CCNCC2)c2ccccc21. The normalized spacial score (nSPS) is 22.5. The number of nitrogens with one attached hydrogen (secondary N) is 1. The van der Waals surface area contributed by atoms with Gasteiger partial charge < -0.3 is 9.88 Å². The van der Waals surface area contributed by atoms with Crippen molar-refractivity contribution in [2.24, 2.45) is 13.0 Å². The Morgan fingerprint density at radius 3 is 2.57 bits per heavy atom. The van der Waals surface area contributed by atoms with Crippen molar-refractivity contribution in [2.45, 2.75) is 38.1 Å². The molecular formula is C20H29N3. The standard InChI is InChI=1S/C20H29N3/c1-22-15-18(17-9-5-6-10-19(17)22)20(16-7-3-2-4-8-16)23-13-11-21-12-14-23/h5-6,9-10,15-16,20-21H,2-4,7-8,11-14H2,1H3/t20-/m1/s1. The first-order chi connectivity index (χ1) is 11.3. The molecule has 3 nitrogen and oxygen atoms in total. The van der Waals surface area contributed by atoms with E-state index in [2.05, 4.69) is 52.3 Å². The predicted octanol–water partition coefficient (Wildman–Crippen LogP) is 3.70. The van der Waals surface area contributed by atoms with E-state index in [0.29, 0.717) is 6.04 Å². The molecule has 0 spiro atoms. The smallest absolute Gasteiger partial charge is 0.0481 e. The maximum atomic E-state index is 3.52. The lowest BCUT2D eigenvalue weighted by Crippen LogP contribution is -2.47. The van der Waals surface area contributed by atoms with Gasteiger partial charge in [0.15, 0.2) is 0 Å². The van der Waals surface area contributed by atoms with Crippen LogP contribution in [0.2, 0.25) is 0 Å². The average Bonchev–Trinajstić information content (AvgIpc) is 2.94. The fourth-order valence-corrected chi connectivity index (χ4v) is 4.77. The van der Waals surface area contributed by atoms with Gasteiger partial charge in [0.25, 0.3) is 0 Å². The molecule has 4 rings (SSSR count). The van der Waals surface area contributed by atoms with E-state index in [9.17, 15) is 0 Å². The molecule has 2 aromatic rings. The Kier molecular flexibility index (Phi) is 4.41. The second kappa shape index (κ2) is 6.66. The maximum absolute atomic E-state index is 3.52. The molecule has 1 aromatic heterocycles. The summed E-state index contributed by atoms with van der Waals surface area (Å²) in [6.07, 6.45) is 9.47. The minimum atomic E-state index is 0.600. The summed E-state index contributed by atoms with van der Waals surface area (Å²) in [7, 11) is 2.20. The summed E-state index contributed by atoms with van der Waals surface area (Å²) in [5.74, 6) is 0.827. The molecule has 0 amide bonds. The van der Waals surface area contributed by atoms with E-state index < -0.39 is 0 Å². The van der Waals surface area contributed by atoms with Crippen LogP contribution in [0.25, 0.3) is 10.9 Å². The summed E-state index contributed by atoms with van der Waals surface area (Å²) in [5, 5.41) is 4.98. The van der Waals surface area contributed by atoms with Crippen molar-refractivity contribution in [3.63, 3.8) is 0 Å². The Balaban J connectivity index is 1.76. The highest BCUT2D eigenvalue weighted by atomic mass is 15.2. The van der Waals surface area contributed by atoms with Crippen LogP contribution in [0.4, 0.5) is 0 Å². The van der Waals surface area contributed by atoms with Crippen LogP contribution in [0.5, 0.6) is 0 Å². The average molecular weight is 311 g/mol. The monoisotopic (exact) mass is 311 g/mol. The number of rotatable bonds is 3. The van der Waals surface area contributed by atoms with E-state index >= 15 is 0 Å². The predicted molar refractivity (Wildman–Crippen MR) is 96.7 cm³/mol. The third-order valence-electron chi connectivity index (χ3n) is 5.89. The topological polar surface area (TPSA) is 20.2 Å². The Labute approximate surface area is 139 Å². The number of nitrogens with zero attached hydrogens (tertiary/aromatic N) is 2. The van der Waals surface area contributed by atoms with E-state index in [1.165, 1.54) is 56.1 Å². The van der Waals surface area contributed by atoms with Crippen LogP contribution in [0.3, 0.4) is 0 Å². The van der Waals surface area contributed by atoms with Gasteiger partial charge in [0.05, 0.1) is 0 Å². The molecule has 1 saturated heterocycles. The van der Waals surface area contributed by atoms with E-state index in [4.69, 9.17) is 0 Å². The molecule has 2 heterocycles. The van der Waals surface area contributed by atoms with Crippen LogP contribution in [-0.4, -0.2) is 35.6 Å². The molecule has 1 aliphatic heterocycles. The fourth-order valence-electron chi connectivity index (χ4n) is 4.77. The maximum Gasteiger partial charge on any atom is 0.0481 e. The third kappa shape index (κ3) is 2.92. The molecule has 3 heteroatoms. The van der Waals surface area contributed by atoms with E-state index in [0.717, 1.165) is 19.0 Å². The number of para-hydroxylation sites is 1. The van der Waals surface area contributed by atoms with Crippen LogP contribution >= 0.6 is 0 Å². The summed E-state index contributed by atoms with van der Waals surface area (Å²) in [4.78, 5) is 2.76. The molecule has 0 bridgehead atoms. The Morgan fingerprint density at radius 1 is 1.04 bits per heavy atom. The third-order valence-corrected chi connectivity index (χ3v) is 5.89. The molecule has 1 aliphatic carbocycles. The van der Waals surface area contributed by atoms with Crippen molar-refractivity contribution in [3.8, 4) is 0 Å². The summed E-state index contributed by atoms with van der Waals surface area (Å²) in [6.45, 7) is 4.64. The van der Waals surface area contributed by atoms with Crippen LogP contribution in [-0.2, 0) is 7.05 Å². The molecule has 0 radical (unpaired) electrons. The number of piperazine rings is 1. The van der Waals surface area contributed by atoms with Crippen molar-refractivity contribution >= 4 is 10.9 Å². The van der Waals surface area contributed by atoms with Crippen molar-refractivity contribution in [1.82, 2.24) is 14.8 Å². The molecule has 2 fully saturated rings. The molecule has 23 heavy (non-hydrogen) atoms. The number of aromatic nitrogens is 1. The summed E-state index contributed by atoms with van der Waals surface area (Å²) >= 11 is 0. The first-order valence-corrected chi connectivity index (χ1v) is 9.33.